The highest BCUT2D eigenvalue weighted by Crippen LogP contribution is 2.38. The van der Waals surface area contributed by atoms with Crippen LogP contribution >= 0.6 is 27.7 Å². The lowest BCUT2D eigenvalue weighted by Gasteiger charge is -2.27. The lowest BCUT2D eigenvalue weighted by molar-refractivity contribution is -0.113. The van der Waals surface area contributed by atoms with Gasteiger partial charge in [-0.1, -0.05) is 30.8 Å². The summed E-state index contributed by atoms with van der Waals surface area (Å²) in [6, 6.07) is 10.3. The van der Waals surface area contributed by atoms with Crippen LogP contribution in [0.3, 0.4) is 0 Å². The summed E-state index contributed by atoms with van der Waals surface area (Å²) in [5.41, 5.74) is 1.74. The van der Waals surface area contributed by atoms with E-state index < -0.39 is 6.04 Å². The number of carbonyl (C=O) groups excluding carboxylic acids is 1. The molecule has 31 heavy (non-hydrogen) atoms. The van der Waals surface area contributed by atoms with E-state index in [1.165, 1.54) is 0 Å². The van der Waals surface area contributed by atoms with Gasteiger partial charge < -0.3 is 19.8 Å². The molecule has 2 N–H and O–H groups in total. The summed E-state index contributed by atoms with van der Waals surface area (Å²) < 4.78 is 13.5. The number of hydrogen-bond donors (Lipinski definition) is 2. The Labute approximate surface area is 192 Å². The second kappa shape index (κ2) is 9.19. The molecule has 0 radical (unpaired) electrons. The Bertz CT molecular complexity index is 1140. The standard InChI is InChI=1S/C21H22BrN5O3S/c1-4-11-31-21-25-20-23-12(2)17(18(27(20)26-21)15-9-10-16(22)30-15)19(28)24-13-7-5-6-8-14(13)29-3/h5-10,18H,4,11H2,1-3H3,(H,24,28)(H,23,25,26). The van der Waals surface area contributed by atoms with Crippen molar-refractivity contribution in [3.8, 4) is 5.75 Å². The number of aromatic nitrogens is 3. The van der Waals surface area contributed by atoms with E-state index in [0.717, 1.165) is 12.2 Å². The monoisotopic (exact) mass is 503 g/mol. The second-order valence-corrected chi connectivity index (χ2v) is 8.72. The Balaban J connectivity index is 1.74. The van der Waals surface area contributed by atoms with E-state index in [2.05, 4.69) is 43.6 Å². The van der Waals surface area contributed by atoms with Gasteiger partial charge in [-0.25, -0.2) is 4.68 Å². The van der Waals surface area contributed by atoms with Gasteiger partial charge in [0.25, 0.3) is 5.91 Å². The zero-order chi connectivity index (χ0) is 22.0. The normalized spacial score (nSPS) is 15.4. The molecule has 8 nitrogen and oxygen atoms in total. The van der Waals surface area contributed by atoms with E-state index in [0.29, 0.717) is 44.2 Å². The summed E-state index contributed by atoms with van der Waals surface area (Å²) in [6.45, 7) is 3.95. The molecular formula is C21H22BrN5O3S. The van der Waals surface area contributed by atoms with E-state index in [9.17, 15) is 4.79 Å². The number of rotatable bonds is 7. The molecule has 4 rings (SSSR count). The molecule has 3 aromatic rings. The van der Waals surface area contributed by atoms with E-state index >= 15 is 0 Å². The molecule has 1 amide bonds. The molecule has 0 saturated heterocycles. The van der Waals surface area contributed by atoms with Gasteiger partial charge in [-0.15, -0.1) is 5.10 Å². The summed E-state index contributed by atoms with van der Waals surface area (Å²) in [5.74, 6) is 2.36. The molecule has 1 aliphatic rings. The molecular weight excluding hydrogens is 482 g/mol. The van der Waals surface area contributed by atoms with Crippen LogP contribution in [0.5, 0.6) is 5.75 Å². The van der Waals surface area contributed by atoms with E-state index in [4.69, 9.17) is 9.15 Å². The smallest absolute Gasteiger partial charge is 0.256 e. The van der Waals surface area contributed by atoms with Crippen molar-refractivity contribution in [1.82, 2.24) is 14.8 Å². The zero-order valence-electron chi connectivity index (χ0n) is 17.3. The third-order valence-electron chi connectivity index (χ3n) is 4.73. The number of para-hydroxylation sites is 2. The molecule has 0 aliphatic carbocycles. The predicted molar refractivity (Wildman–Crippen MR) is 124 cm³/mol. The first-order chi connectivity index (χ1) is 15.0. The Morgan fingerprint density at radius 2 is 2.16 bits per heavy atom. The van der Waals surface area contributed by atoms with Gasteiger partial charge >= 0.3 is 0 Å². The van der Waals surface area contributed by atoms with Crippen LogP contribution in [-0.4, -0.2) is 33.5 Å². The maximum atomic E-state index is 13.4. The molecule has 0 fully saturated rings. The Morgan fingerprint density at radius 3 is 2.87 bits per heavy atom. The molecule has 1 unspecified atom stereocenters. The lowest BCUT2D eigenvalue weighted by atomic mass is 10.00. The van der Waals surface area contributed by atoms with Crippen molar-refractivity contribution in [2.24, 2.45) is 0 Å². The van der Waals surface area contributed by atoms with Crippen LogP contribution in [0, 0.1) is 0 Å². The highest BCUT2D eigenvalue weighted by atomic mass is 79.9. The van der Waals surface area contributed by atoms with Crippen molar-refractivity contribution >= 4 is 45.2 Å². The summed E-state index contributed by atoms with van der Waals surface area (Å²) in [6.07, 6.45) is 1.01. The average molecular weight is 504 g/mol. The first kappa shape index (κ1) is 21.5. The van der Waals surface area contributed by atoms with Crippen molar-refractivity contribution in [2.75, 3.05) is 23.5 Å². The van der Waals surface area contributed by atoms with E-state index in [1.807, 2.05) is 25.1 Å². The predicted octanol–water partition coefficient (Wildman–Crippen LogP) is 5.07. The maximum absolute atomic E-state index is 13.4. The molecule has 10 heteroatoms. The number of fused-ring (bicyclic) bond motifs is 1. The number of thioether (sulfide) groups is 1. The maximum Gasteiger partial charge on any atom is 0.256 e. The minimum Gasteiger partial charge on any atom is -0.495 e. The minimum absolute atomic E-state index is 0.282. The first-order valence-corrected chi connectivity index (χ1v) is 11.6. The molecule has 1 atom stereocenters. The van der Waals surface area contributed by atoms with Gasteiger partial charge in [0.1, 0.15) is 17.6 Å². The van der Waals surface area contributed by atoms with Crippen LogP contribution in [0.1, 0.15) is 32.1 Å². The number of nitrogens with zero attached hydrogens (tertiary/aromatic N) is 3. The van der Waals surface area contributed by atoms with Gasteiger partial charge in [-0.2, -0.15) is 4.98 Å². The average Bonchev–Trinajstić information content (AvgIpc) is 3.37. The van der Waals surface area contributed by atoms with Gasteiger partial charge in [0.2, 0.25) is 11.1 Å². The van der Waals surface area contributed by atoms with Gasteiger partial charge in [0, 0.05) is 11.4 Å². The Hall–Kier alpha value is -2.72. The topological polar surface area (TPSA) is 94.2 Å². The van der Waals surface area contributed by atoms with Crippen LogP contribution in [0.15, 0.2) is 61.9 Å². The molecule has 0 saturated carbocycles. The summed E-state index contributed by atoms with van der Waals surface area (Å²) in [4.78, 5) is 18.0. The fourth-order valence-corrected chi connectivity index (χ4v) is 4.36. The first-order valence-electron chi connectivity index (χ1n) is 9.78. The van der Waals surface area contributed by atoms with Crippen LogP contribution in [0.2, 0.25) is 0 Å². The largest absolute Gasteiger partial charge is 0.495 e. The molecule has 1 aliphatic heterocycles. The summed E-state index contributed by atoms with van der Waals surface area (Å²) in [7, 11) is 1.57. The number of benzene rings is 1. The number of halogens is 1. The summed E-state index contributed by atoms with van der Waals surface area (Å²) in [5, 5.41) is 11.5. The quantitative estimate of drug-likeness (QED) is 0.434. The van der Waals surface area contributed by atoms with E-state index in [-0.39, 0.29) is 5.91 Å². The van der Waals surface area contributed by atoms with Crippen molar-refractivity contribution in [3.63, 3.8) is 0 Å². The SMILES string of the molecule is CCCSc1nc2n(n1)C(c1ccc(Br)o1)C(C(=O)Nc1ccccc1OC)=C(C)N2. The molecule has 3 heterocycles. The minimum atomic E-state index is -0.569. The van der Waals surface area contributed by atoms with Gasteiger partial charge in [-0.05, 0) is 53.5 Å². The number of furan rings is 1. The van der Waals surface area contributed by atoms with Gasteiger partial charge in [-0.3, -0.25) is 4.79 Å². The fraction of sp³-hybridized carbons (Fsp3) is 0.286. The number of methoxy groups -OCH3 is 1. The van der Waals surface area contributed by atoms with Crippen molar-refractivity contribution < 1.29 is 13.9 Å². The van der Waals surface area contributed by atoms with Crippen molar-refractivity contribution in [3.05, 3.63) is 58.1 Å². The molecule has 2 aromatic heterocycles. The second-order valence-electron chi connectivity index (χ2n) is 6.87. The number of ether oxygens (including phenoxy) is 1. The number of amides is 1. The lowest BCUT2D eigenvalue weighted by Crippen LogP contribution is -2.31. The van der Waals surface area contributed by atoms with Crippen LogP contribution in [0.25, 0.3) is 0 Å². The number of nitrogens with one attached hydrogen (secondary N) is 2. The van der Waals surface area contributed by atoms with Gasteiger partial charge in [0.15, 0.2) is 4.67 Å². The number of allylic oxidation sites excluding steroid dienone is 1. The van der Waals surface area contributed by atoms with Crippen molar-refractivity contribution in [1.29, 1.82) is 0 Å². The van der Waals surface area contributed by atoms with Crippen molar-refractivity contribution in [2.45, 2.75) is 31.5 Å². The Morgan fingerprint density at radius 1 is 1.35 bits per heavy atom. The molecule has 162 valence electrons. The number of anilines is 2. The third-order valence-corrected chi connectivity index (χ3v) is 6.20. The van der Waals surface area contributed by atoms with Crippen LogP contribution in [0.4, 0.5) is 11.6 Å². The molecule has 0 spiro atoms. The fourth-order valence-electron chi connectivity index (χ4n) is 3.36. The number of hydrogen-bond acceptors (Lipinski definition) is 7. The molecule has 0 bridgehead atoms. The van der Waals surface area contributed by atoms with E-state index in [1.54, 1.807) is 41.8 Å². The highest BCUT2D eigenvalue weighted by Gasteiger charge is 2.36. The third kappa shape index (κ3) is 4.35. The van der Waals surface area contributed by atoms with Crippen LogP contribution in [-0.2, 0) is 4.79 Å². The Kier molecular flexibility index (Phi) is 6.38. The van der Waals surface area contributed by atoms with Gasteiger partial charge in [0.05, 0.1) is 18.4 Å². The summed E-state index contributed by atoms with van der Waals surface area (Å²) >= 11 is 4.93. The molecule has 1 aromatic carbocycles. The number of carbonyl (C=O) groups is 1. The zero-order valence-corrected chi connectivity index (χ0v) is 19.7. The van der Waals surface area contributed by atoms with Crippen LogP contribution < -0.4 is 15.4 Å². The highest BCUT2D eigenvalue weighted by molar-refractivity contribution is 9.10.